The predicted octanol–water partition coefficient (Wildman–Crippen LogP) is 1.70. The van der Waals surface area contributed by atoms with Gasteiger partial charge in [-0.25, -0.2) is 4.39 Å². The number of amides is 1. The third-order valence-corrected chi connectivity index (χ3v) is 3.66. The van der Waals surface area contributed by atoms with Crippen molar-refractivity contribution in [1.82, 2.24) is 9.80 Å². The summed E-state index contributed by atoms with van der Waals surface area (Å²) in [7, 11) is 3.72. The number of benzene rings is 1. The Bertz CT molecular complexity index is 479. The van der Waals surface area contributed by atoms with Gasteiger partial charge in [0.25, 0.3) is 5.91 Å². The highest BCUT2D eigenvalue weighted by molar-refractivity contribution is 5.96. The fourth-order valence-electron chi connectivity index (χ4n) is 2.49. The number of aromatic hydroxyl groups is 1. The lowest BCUT2D eigenvalue weighted by Gasteiger charge is -2.35. The molecule has 0 saturated carbocycles. The van der Waals surface area contributed by atoms with Crippen LogP contribution in [0, 0.1) is 5.82 Å². The molecule has 19 heavy (non-hydrogen) atoms. The van der Waals surface area contributed by atoms with Gasteiger partial charge in [-0.1, -0.05) is 0 Å². The Balaban J connectivity index is 2.16. The highest BCUT2D eigenvalue weighted by Gasteiger charge is 2.26. The lowest BCUT2D eigenvalue weighted by atomic mass is 10.0. The first kappa shape index (κ1) is 13.8. The summed E-state index contributed by atoms with van der Waals surface area (Å²) < 4.78 is 13.2. The molecule has 1 amide bonds. The number of halogens is 1. The van der Waals surface area contributed by atoms with Gasteiger partial charge in [0.15, 0.2) is 0 Å². The lowest BCUT2D eigenvalue weighted by molar-refractivity contribution is 0.0640. The van der Waals surface area contributed by atoms with Crippen molar-refractivity contribution in [2.75, 3.05) is 27.2 Å². The molecule has 4 nitrogen and oxygen atoms in total. The van der Waals surface area contributed by atoms with E-state index in [1.54, 1.807) is 11.9 Å². The SMILES string of the molecule is CN1CCCC(N(C)C(=O)c2cc(F)ccc2O)C1. The Morgan fingerprint density at radius 1 is 1.53 bits per heavy atom. The Morgan fingerprint density at radius 2 is 2.26 bits per heavy atom. The Kier molecular flexibility index (Phi) is 4.04. The summed E-state index contributed by atoms with van der Waals surface area (Å²) in [6, 6.07) is 3.54. The van der Waals surface area contributed by atoms with E-state index in [1.807, 2.05) is 7.05 Å². The molecule has 1 fully saturated rings. The molecule has 2 rings (SSSR count). The van der Waals surface area contributed by atoms with E-state index in [0.717, 1.165) is 38.1 Å². The second kappa shape index (κ2) is 5.57. The maximum Gasteiger partial charge on any atom is 0.257 e. The number of hydrogen-bond acceptors (Lipinski definition) is 3. The van der Waals surface area contributed by atoms with Crippen molar-refractivity contribution >= 4 is 5.91 Å². The van der Waals surface area contributed by atoms with Crippen molar-refractivity contribution in [1.29, 1.82) is 0 Å². The van der Waals surface area contributed by atoms with Crippen LogP contribution in [0.25, 0.3) is 0 Å². The van der Waals surface area contributed by atoms with Crippen LogP contribution >= 0.6 is 0 Å². The van der Waals surface area contributed by atoms with Crippen LogP contribution in [-0.2, 0) is 0 Å². The monoisotopic (exact) mass is 266 g/mol. The van der Waals surface area contributed by atoms with Crippen molar-refractivity contribution in [2.45, 2.75) is 18.9 Å². The van der Waals surface area contributed by atoms with Crippen LogP contribution in [0.3, 0.4) is 0 Å². The van der Waals surface area contributed by atoms with E-state index in [0.29, 0.717) is 0 Å². The Morgan fingerprint density at radius 3 is 2.95 bits per heavy atom. The van der Waals surface area contributed by atoms with Gasteiger partial charge in [0.1, 0.15) is 11.6 Å². The third-order valence-electron chi connectivity index (χ3n) is 3.66. The second-order valence-corrected chi connectivity index (χ2v) is 5.14. The first-order valence-corrected chi connectivity index (χ1v) is 6.43. The van der Waals surface area contributed by atoms with Gasteiger partial charge in [0.05, 0.1) is 5.56 Å². The summed E-state index contributed by atoms with van der Waals surface area (Å²) in [6.45, 7) is 1.84. The highest BCUT2D eigenvalue weighted by atomic mass is 19.1. The van der Waals surface area contributed by atoms with Crippen molar-refractivity contribution in [3.63, 3.8) is 0 Å². The first-order chi connectivity index (χ1) is 8.99. The summed E-state index contributed by atoms with van der Waals surface area (Å²) in [4.78, 5) is 16.1. The summed E-state index contributed by atoms with van der Waals surface area (Å²) in [5, 5.41) is 9.68. The molecule has 0 spiro atoms. The average Bonchev–Trinajstić information content (AvgIpc) is 2.40. The van der Waals surface area contributed by atoms with E-state index in [2.05, 4.69) is 4.90 Å². The van der Waals surface area contributed by atoms with Gasteiger partial charge in [-0.3, -0.25) is 4.79 Å². The molecule has 0 aliphatic carbocycles. The number of likely N-dealkylation sites (N-methyl/N-ethyl adjacent to an activating group) is 2. The van der Waals surface area contributed by atoms with Gasteiger partial charge in [-0.15, -0.1) is 0 Å². The van der Waals surface area contributed by atoms with Gasteiger partial charge < -0.3 is 14.9 Å². The Labute approximate surface area is 112 Å². The number of rotatable bonds is 2. The Hall–Kier alpha value is -1.62. The first-order valence-electron chi connectivity index (χ1n) is 6.43. The van der Waals surface area contributed by atoms with E-state index in [9.17, 15) is 14.3 Å². The minimum Gasteiger partial charge on any atom is -0.507 e. The molecule has 0 bridgehead atoms. The second-order valence-electron chi connectivity index (χ2n) is 5.14. The van der Waals surface area contributed by atoms with Crippen LogP contribution in [0.1, 0.15) is 23.2 Å². The summed E-state index contributed by atoms with van der Waals surface area (Å²) in [5.41, 5.74) is 0.0238. The average molecular weight is 266 g/mol. The number of nitrogens with zero attached hydrogens (tertiary/aromatic N) is 2. The largest absolute Gasteiger partial charge is 0.507 e. The zero-order valence-electron chi connectivity index (χ0n) is 11.3. The fourth-order valence-corrected chi connectivity index (χ4v) is 2.49. The summed E-state index contributed by atoms with van der Waals surface area (Å²) in [5.74, 6) is -1.03. The molecule has 1 saturated heterocycles. The molecule has 1 N–H and O–H groups in total. The standard InChI is InChI=1S/C14H19FN2O2/c1-16-7-3-4-11(9-16)17(2)14(19)12-8-10(15)5-6-13(12)18/h5-6,8,11,18H,3-4,7,9H2,1-2H3. The highest BCUT2D eigenvalue weighted by Crippen LogP contribution is 2.22. The normalized spacial score (nSPS) is 20.3. The molecule has 0 aromatic heterocycles. The van der Waals surface area contributed by atoms with Crippen LogP contribution in [0.15, 0.2) is 18.2 Å². The summed E-state index contributed by atoms with van der Waals surface area (Å²) >= 11 is 0. The molecular formula is C14H19FN2O2. The quantitative estimate of drug-likeness (QED) is 0.886. The predicted molar refractivity (Wildman–Crippen MR) is 70.7 cm³/mol. The van der Waals surface area contributed by atoms with E-state index >= 15 is 0 Å². The molecule has 1 unspecified atom stereocenters. The molecule has 5 heteroatoms. The molecule has 1 aliphatic rings. The minimum absolute atomic E-state index is 0.0238. The van der Waals surface area contributed by atoms with Gasteiger partial charge >= 0.3 is 0 Å². The molecule has 0 radical (unpaired) electrons. The van der Waals surface area contributed by atoms with Crippen molar-refractivity contribution in [2.24, 2.45) is 0 Å². The zero-order valence-corrected chi connectivity index (χ0v) is 11.3. The lowest BCUT2D eigenvalue weighted by Crippen LogP contribution is -2.47. The van der Waals surface area contributed by atoms with Gasteiger partial charge in [0.2, 0.25) is 0 Å². The topological polar surface area (TPSA) is 43.8 Å². The van der Waals surface area contributed by atoms with E-state index in [-0.39, 0.29) is 23.3 Å². The van der Waals surface area contributed by atoms with Crippen LogP contribution in [-0.4, -0.2) is 54.0 Å². The number of phenols is 1. The van der Waals surface area contributed by atoms with Crippen LogP contribution < -0.4 is 0 Å². The summed E-state index contributed by atoms with van der Waals surface area (Å²) in [6.07, 6.45) is 1.97. The smallest absolute Gasteiger partial charge is 0.257 e. The molecular weight excluding hydrogens is 247 g/mol. The number of phenolic OH excluding ortho intramolecular Hbond substituents is 1. The van der Waals surface area contributed by atoms with Crippen molar-refractivity contribution < 1.29 is 14.3 Å². The number of carbonyl (C=O) groups is 1. The number of likely N-dealkylation sites (tertiary alicyclic amines) is 1. The fraction of sp³-hybridized carbons (Fsp3) is 0.500. The van der Waals surface area contributed by atoms with Gasteiger partial charge in [0, 0.05) is 19.6 Å². The van der Waals surface area contributed by atoms with Crippen LogP contribution in [0.5, 0.6) is 5.75 Å². The van der Waals surface area contributed by atoms with Crippen LogP contribution in [0.2, 0.25) is 0 Å². The number of piperidine rings is 1. The number of carbonyl (C=O) groups excluding carboxylic acids is 1. The van der Waals surface area contributed by atoms with Crippen molar-refractivity contribution in [3.05, 3.63) is 29.6 Å². The maximum atomic E-state index is 13.2. The van der Waals surface area contributed by atoms with E-state index in [1.165, 1.54) is 6.07 Å². The minimum atomic E-state index is -0.518. The molecule has 1 aliphatic heterocycles. The molecule has 1 heterocycles. The molecule has 1 atom stereocenters. The van der Waals surface area contributed by atoms with Crippen LogP contribution in [0.4, 0.5) is 4.39 Å². The number of hydrogen-bond donors (Lipinski definition) is 1. The molecule has 104 valence electrons. The zero-order chi connectivity index (χ0) is 14.0. The molecule has 1 aromatic carbocycles. The van der Waals surface area contributed by atoms with E-state index < -0.39 is 5.82 Å². The van der Waals surface area contributed by atoms with Gasteiger partial charge in [-0.2, -0.15) is 0 Å². The maximum absolute atomic E-state index is 13.2. The van der Waals surface area contributed by atoms with Gasteiger partial charge in [-0.05, 0) is 44.6 Å². The van der Waals surface area contributed by atoms with Crippen molar-refractivity contribution in [3.8, 4) is 5.75 Å². The molecule has 1 aromatic rings. The third kappa shape index (κ3) is 3.04. The van der Waals surface area contributed by atoms with E-state index in [4.69, 9.17) is 0 Å².